The summed E-state index contributed by atoms with van der Waals surface area (Å²) in [6, 6.07) is 21.7. The minimum Gasteiger partial charge on any atom is -0.491 e. The molecule has 0 atom stereocenters. The van der Waals surface area contributed by atoms with Gasteiger partial charge in [-0.05, 0) is 48.7 Å². The summed E-state index contributed by atoms with van der Waals surface area (Å²) in [6.07, 6.45) is 0.810. The van der Waals surface area contributed by atoms with Crippen molar-refractivity contribution in [1.29, 1.82) is 0 Å². The first kappa shape index (κ1) is 21.7. The van der Waals surface area contributed by atoms with E-state index < -0.39 is 11.8 Å². The molecule has 0 aliphatic carbocycles. The number of benzene rings is 3. The lowest BCUT2D eigenvalue weighted by Gasteiger charge is -2.19. The van der Waals surface area contributed by atoms with Crippen LogP contribution in [0.2, 0.25) is 5.02 Å². The summed E-state index contributed by atoms with van der Waals surface area (Å²) >= 11 is 6.28. The highest BCUT2D eigenvalue weighted by Crippen LogP contribution is 2.38. The van der Waals surface area contributed by atoms with Gasteiger partial charge in [0.05, 0.1) is 17.9 Å². The molecule has 0 saturated carbocycles. The molecule has 0 aromatic heterocycles. The number of hydrogen-bond donors (Lipinski definition) is 1. The number of hydrogen-bond acceptors (Lipinski definition) is 4. The number of rotatable bonds is 7. The van der Waals surface area contributed by atoms with E-state index in [0.29, 0.717) is 39.9 Å². The Morgan fingerprint density at radius 3 is 2.38 bits per heavy atom. The Morgan fingerprint density at radius 2 is 1.62 bits per heavy atom. The zero-order valence-corrected chi connectivity index (χ0v) is 18.6. The van der Waals surface area contributed by atoms with Crippen molar-refractivity contribution in [3.05, 3.63) is 94.6 Å². The molecule has 0 bridgehead atoms. The molecule has 0 fully saturated rings. The maximum Gasteiger partial charge on any atom is 0.282 e. The third-order valence-corrected chi connectivity index (χ3v) is 5.65. The molecule has 2 amide bonds. The molecule has 6 heteroatoms. The lowest BCUT2D eigenvalue weighted by atomic mass is 10.0. The lowest BCUT2D eigenvalue weighted by Crippen LogP contribution is -2.32. The van der Waals surface area contributed by atoms with E-state index in [1.807, 2.05) is 56.3 Å². The highest BCUT2D eigenvalue weighted by molar-refractivity contribution is 6.46. The third-order valence-electron chi connectivity index (χ3n) is 5.24. The fourth-order valence-corrected chi connectivity index (χ4v) is 3.77. The molecule has 5 nitrogen and oxygen atoms in total. The van der Waals surface area contributed by atoms with Gasteiger partial charge in [0.1, 0.15) is 11.4 Å². The van der Waals surface area contributed by atoms with E-state index in [0.717, 1.165) is 12.0 Å². The van der Waals surface area contributed by atoms with Crippen LogP contribution in [0.3, 0.4) is 0 Å². The van der Waals surface area contributed by atoms with Crippen molar-refractivity contribution in [3.63, 3.8) is 0 Å². The van der Waals surface area contributed by atoms with Gasteiger partial charge in [-0.1, -0.05) is 67.1 Å². The Balaban J connectivity index is 1.82. The molecule has 32 heavy (non-hydrogen) atoms. The van der Waals surface area contributed by atoms with Gasteiger partial charge in [-0.2, -0.15) is 0 Å². The SMILES string of the molecule is CCCOc1ccccc1N1C(=O)C(Nc2cccc(Cl)c2C)=C(c2ccccc2)C1=O. The van der Waals surface area contributed by atoms with Crippen LogP contribution >= 0.6 is 11.6 Å². The second-order valence-electron chi connectivity index (χ2n) is 7.42. The van der Waals surface area contributed by atoms with Gasteiger partial charge in [0.2, 0.25) is 0 Å². The van der Waals surface area contributed by atoms with Gasteiger partial charge in [0.15, 0.2) is 0 Å². The fourth-order valence-electron chi connectivity index (χ4n) is 3.59. The summed E-state index contributed by atoms with van der Waals surface area (Å²) in [5.41, 5.74) is 3.04. The Labute approximate surface area is 192 Å². The van der Waals surface area contributed by atoms with Crippen LogP contribution in [-0.4, -0.2) is 18.4 Å². The third kappa shape index (κ3) is 3.99. The number of carbonyl (C=O) groups is 2. The summed E-state index contributed by atoms with van der Waals surface area (Å²) in [6.45, 7) is 4.35. The van der Waals surface area contributed by atoms with Gasteiger partial charge in [-0.25, -0.2) is 4.90 Å². The minimum atomic E-state index is -0.444. The highest BCUT2D eigenvalue weighted by atomic mass is 35.5. The van der Waals surface area contributed by atoms with Crippen LogP contribution in [-0.2, 0) is 9.59 Å². The summed E-state index contributed by atoms with van der Waals surface area (Å²) < 4.78 is 5.82. The molecule has 1 N–H and O–H groups in total. The quantitative estimate of drug-likeness (QED) is 0.463. The molecule has 0 radical (unpaired) electrons. The first-order valence-corrected chi connectivity index (χ1v) is 10.8. The molecule has 4 rings (SSSR count). The van der Waals surface area contributed by atoms with Crippen molar-refractivity contribution < 1.29 is 14.3 Å². The first-order chi connectivity index (χ1) is 15.5. The van der Waals surface area contributed by atoms with E-state index in [2.05, 4.69) is 5.32 Å². The van der Waals surface area contributed by atoms with E-state index in [1.54, 1.807) is 30.3 Å². The molecule has 0 unspecified atom stereocenters. The van der Waals surface area contributed by atoms with Crippen LogP contribution in [0, 0.1) is 6.92 Å². The number of imide groups is 1. The van der Waals surface area contributed by atoms with Crippen LogP contribution in [0.5, 0.6) is 5.75 Å². The Morgan fingerprint density at radius 1 is 0.906 bits per heavy atom. The van der Waals surface area contributed by atoms with Gasteiger partial charge in [0.25, 0.3) is 11.8 Å². The Kier molecular flexibility index (Phi) is 6.28. The molecule has 0 saturated heterocycles. The number of nitrogens with one attached hydrogen (secondary N) is 1. The summed E-state index contributed by atoms with van der Waals surface area (Å²) in [4.78, 5) is 28.4. The monoisotopic (exact) mass is 446 g/mol. The van der Waals surface area contributed by atoms with Gasteiger partial charge >= 0.3 is 0 Å². The summed E-state index contributed by atoms with van der Waals surface area (Å²) in [5.74, 6) is -0.361. The zero-order chi connectivity index (χ0) is 22.7. The van der Waals surface area contributed by atoms with Gasteiger partial charge in [0, 0.05) is 10.7 Å². The number of halogens is 1. The number of carbonyl (C=O) groups excluding carboxylic acids is 2. The molecule has 3 aromatic rings. The molecule has 1 aliphatic rings. The fraction of sp³-hybridized carbons (Fsp3) is 0.154. The Hall–Kier alpha value is -3.57. The molecular formula is C26H23ClN2O3. The van der Waals surface area contributed by atoms with Crippen molar-refractivity contribution in [3.8, 4) is 5.75 Å². The molecule has 3 aromatic carbocycles. The van der Waals surface area contributed by atoms with Crippen LogP contribution in [0.25, 0.3) is 5.57 Å². The van der Waals surface area contributed by atoms with Crippen molar-refractivity contribution in [2.24, 2.45) is 0 Å². The number of nitrogens with zero attached hydrogens (tertiary/aromatic N) is 1. The summed E-state index contributed by atoms with van der Waals surface area (Å²) in [5, 5.41) is 3.76. The second-order valence-corrected chi connectivity index (χ2v) is 7.82. The summed E-state index contributed by atoms with van der Waals surface area (Å²) in [7, 11) is 0. The number of amides is 2. The van der Waals surface area contributed by atoms with Gasteiger partial charge in [-0.3, -0.25) is 9.59 Å². The number of ether oxygens (including phenoxy) is 1. The molecular weight excluding hydrogens is 424 g/mol. The van der Waals surface area contributed by atoms with Crippen molar-refractivity contribution >= 4 is 40.4 Å². The average molecular weight is 447 g/mol. The zero-order valence-electron chi connectivity index (χ0n) is 17.9. The van der Waals surface area contributed by atoms with Crippen LogP contribution in [0.1, 0.15) is 24.5 Å². The number of para-hydroxylation sites is 2. The largest absolute Gasteiger partial charge is 0.491 e. The minimum absolute atomic E-state index is 0.205. The van der Waals surface area contributed by atoms with Crippen LogP contribution in [0.15, 0.2) is 78.5 Å². The van der Waals surface area contributed by atoms with Crippen LogP contribution < -0.4 is 15.0 Å². The van der Waals surface area contributed by atoms with E-state index in [1.165, 1.54) is 4.90 Å². The average Bonchev–Trinajstić information content (AvgIpc) is 3.05. The topological polar surface area (TPSA) is 58.6 Å². The van der Waals surface area contributed by atoms with E-state index in [-0.39, 0.29) is 5.70 Å². The molecule has 1 heterocycles. The molecule has 1 aliphatic heterocycles. The maximum atomic E-state index is 13.6. The smallest absolute Gasteiger partial charge is 0.282 e. The van der Waals surface area contributed by atoms with Crippen molar-refractivity contribution in [1.82, 2.24) is 0 Å². The van der Waals surface area contributed by atoms with E-state index in [9.17, 15) is 9.59 Å². The van der Waals surface area contributed by atoms with Crippen LogP contribution in [0.4, 0.5) is 11.4 Å². The standard InChI is InChI=1S/C26H23ClN2O3/c1-3-16-32-22-15-8-7-14-21(22)29-25(30)23(18-10-5-4-6-11-18)24(26(29)31)28-20-13-9-12-19(27)17(20)2/h4-15,28H,3,16H2,1-2H3. The second kappa shape index (κ2) is 9.28. The maximum absolute atomic E-state index is 13.6. The van der Waals surface area contributed by atoms with E-state index in [4.69, 9.17) is 16.3 Å². The predicted molar refractivity (Wildman–Crippen MR) is 128 cm³/mol. The normalized spacial score (nSPS) is 13.7. The Bertz CT molecular complexity index is 1200. The van der Waals surface area contributed by atoms with Gasteiger partial charge < -0.3 is 10.1 Å². The predicted octanol–water partition coefficient (Wildman–Crippen LogP) is 5.83. The van der Waals surface area contributed by atoms with Gasteiger partial charge in [-0.15, -0.1) is 0 Å². The van der Waals surface area contributed by atoms with Crippen molar-refractivity contribution in [2.45, 2.75) is 20.3 Å². The first-order valence-electron chi connectivity index (χ1n) is 10.5. The highest BCUT2D eigenvalue weighted by Gasteiger charge is 2.41. The number of anilines is 2. The lowest BCUT2D eigenvalue weighted by molar-refractivity contribution is -0.120. The van der Waals surface area contributed by atoms with E-state index >= 15 is 0 Å². The molecule has 162 valence electrons. The van der Waals surface area contributed by atoms with Crippen molar-refractivity contribution in [2.75, 3.05) is 16.8 Å². The molecule has 0 spiro atoms.